The Morgan fingerprint density at radius 3 is 2.48 bits per heavy atom. The normalized spacial score (nSPS) is 11.6. The highest BCUT2D eigenvalue weighted by Crippen LogP contribution is 2.38. The number of carbonyl (C=O) groups excluding carboxylic acids is 1. The fraction of sp³-hybridized carbons (Fsp3) is 0.240. The van der Waals surface area contributed by atoms with Crippen molar-refractivity contribution >= 4 is 28.7 Å². The van der Waals surface area contributed by atoms with Gasteiger partial charge in [0.25, 0.3) is 0 Å². The van der Waals surface area contributed by atoms with Gasteiger partial charge in [0.05, 0.1) is 6.42 Å². The largest absolute Gasteiger partial charge is 0.505 e. The highest BCUT2D eigenvalue weighted by molar-refractivity contribution is 7.99. The molecule has 33 heavy (non-hydrogen) atoms. The van der Waals surface area contributed by atoms with E-state index in [2.05, 4.69) is 48.5 Å². The van der Waals surface area contributed by atoms with Crippen LogP contribution in [0.5, 0.6) is 5.75 Å². The third-order valence-electron chi connectivity index (χ3n) is 5.83. The minimum absolute atomic E-state index is 0.0925. The molecule has 0 spiro atoms. The van der Waals surface area contributed by atoms with Crippen LogP contribution in [0.3, 0.4) is 0 Å². The van der Waals surface area contributed by atoms with Crippen molar-refractivity contribution in [3.8, 4) is 11.4 Å². The van der Waals surface area contributed by atoms with Gasteiger partial charge in [0, 0.05) is 15.4 Å². The van der Waals surface area contributed by atoms with Gasteiger partial charge < -0.3 is 5.11 Å². The molecular weight excluding hydrogens is 434 g/mol. The van der Waals surface area contributed by atoms with Crippen molar-refractivity contribution < 1.29 is 9.90 Å². The van der Waals surface area contributed by atoms with Gasteiger partial charge in [0.15, 0.2) is 0 Å². The topological polar surface area (TPSA) is 106 Å². The number of rotatable bonds is 7. The predicted octanol–water partition coefficient (Wildman–Crippen LogP) is 4.50. The third-order valence-corrected chi connectivity index (χ3v) is 6.83. The number of carbonyl (C=O) groups is 1. The zero-order valence-electron chi connectivity index (χ0n) is 18.9. The Kier molecular flexibility index (Phi) is 6.40. The fourth-order valence-corrected chi connectivity index (χ4v) is 4.44. The van der Waals surface area contributed by atoms with Crippen LogP contribution in [0.25, 0.3) is 16.7 Å². The van der Waals surface area contributed by atoms with Crippen LogP contribution in [-0.2, 0) is 16.6 Å². The van der Waals surface area contributed by atoms with Crippen LogP contribution in [-0.4, -0.2) is 26.0 Å². The quantitative estimate of drug-likeness (QED) is 0.213. The van der Waals surface area contributed by atoms with Gasteiger partial charge in [-0.2, -0.15) is 0 Å². The number of hydrazine groups is 1. The Bertz CT molecular complexity index is 1300. The Labute approximate surface area is 197 Å². The smallest absolute Gasteiger partial charge is 0.238 e. The van der Waals surface area contributed by atoms with E-state index < -0.39 is 0 Å². The molecule has 0 atom stereocenters. The summed E-state index contributed by atoms with van der Waals surface area (Å²) in [4.78, 5) is 15.6. The number of fused-ring (bicyclic) bond motifs is 1. The van der Waals surface area contributed by atoms with Crippen molar-refractivity contribution in [3.63, 3.8) is 0 Å². The van der Waals surface area contributed by atoms with Crippen LogP contribution >= 0.6 is 11.8 Å². The van der Waals surface area contributed by atoms with E-state index in [1.807, 2.05) is 42.5 Å². The molecule has 1 aromatic heterocycles. The summed E-state index contributed by atoms with van der Waals surface area (Å²) in [5, 5.41) is 20.4. The van der Waals surface area contributed by atoms with E-state index in [0.717, 1.165) is 32.9 Å². The monoisotopic (exact) mass is 461 g/mol. The average Bonchev–Trinajstić information content (AvgIpc) is 3.23. The Morgan fingerprint density at radius 1 is 1.06 bits per heavy atom. The summed E-state index contributed by atoms with van der Waals surface area (Å²) in [5.41, 5.74) is 5.19. The van der Waals surface area contributed by atoms with Crippen LogP contribution < -0.4 is 11.3 Å². The van der Waals surface area contributed by atoms with Crippen LogP contribution in [0.1, 0.15) is 38.3 Å². The molecule has 0 fully saturated rings. The van der Waals surface area contributed by atoms with E-state index >= 15 is 0 Å². The molecule has 4 rings (SSSR count). The van der Waals surface area contributed by atoms with E-state index in [-0.39, 0.29) is 23.5 Å². The number of phenolic OH excluding ortho intramolecular Hbond substituents is 1. The number of amides is 1. The SMILES string of the molecule is CCC(C)(C)c1cc(CC(=O)NN)cc(-n2nc3ccc(Sc4ccccc4)cc3n2)c1O. The van der Waals surface area contributed by atoms with Crippen molar-refractivity contribution in [2.75, 3.05) is 0 Å². The van der Waals surface area contributed by atoms with Gasteiger partial charge in [0.1, 0.15) is 22.5 Å². The third kappa shape index (κ3) is 4.86. The number of nitrogens with two attached hydrogens (primary N) is 1. The first-order chi connectivity index (χ1) is 15.8. The number of benzene rings is 3. The summed E-state index contributed by atoms with van der Waals surface area (Å²) < 4.78 is 0. The van der Waals surface area contributed by atoms with E-state index in [0.29, 0.717) is 11.2 Å². The summed E-state index contributed by atoms with van der Waals surface area (Å²) in [7, 11) is 0. The number of hydrogen-bond acceptors (Lipinski definition) is 6. The maximum absolute atomic E-state index is 11.9. The van der Waals surface area contributed by atoms with Crippen molar-refractivity contribution in [1.29, 1.82) is 0 Å². The Morgan fingerprint density at radius 2 is 1.79 bits per heavy atom. The van der Waals surface area contributed by atoms with Crippen LogP contribution in [0.2, 0.25) is 0 Å². The molecule has 3 aromatic carbocycles. The molecule has 7 nitrogen and oxygen atoms in total. The number of nitrogens with zero attached hydrogens (tertiary/aromatic N) is 3. The van der Waals surface area contributed by atoms with Crippen molar-refractivity contribution in [2.24, 2.45) is 5.84 Å². The van der Waals surface area contributed by atoms with E-state index in [1.165, 1.54) is 4.80 Å². The Hall–Kier alpha value is -3.36. The van der Waals surface area contributed by atoms with E-state index in [9.17, 15) is 9.90 Å². The zero-order valence-corrected chi connectivity index (χ0v) is 19.7. The fourth-order valence-electron chi connectivity index (χ4n) is 3.56. The molecule has 1 heterocycles. The van der Waals surface area contributed by atoms with Gasteiger partial charge in [0.2, 0.25) is 5.91 Å². The number of aromatic hydroxyl groups is 1. The Balaban J connectivity index is 1.78. The second kappa shape index (κ2) is 9.25. The van der Waals surface area contributed by atoms with Crippen molar-refractivity contribution in [2.45, 2.75) is 48.8 Å². The minimum atomic E-state index is -0.312. The second-order valence-electron chi connectivity index (χ2n) is 8.55. The summed E-state index contributed by atoms with van der Waals surface area (Å²) in [6, 6.07) is 19.6. The van der Waals surface area contributed by atoms with Gasteiger partial charge in [-0.3, -0.25) is 10.2 Å². The molecule has 170 valence electrons. The van der Waals surface area contributed by atoms with Gasteiger partial charge in [-0.25, -0.2) is 5.84 Å². The van der Waals surface area contributed by atoms with Gasteiger partial charge >= 0.3 is 0 Å². The molecule has 0 unspecified atom stereocenters. The van der Waals surface area contributed by atoms with E-state index in [4.69, 9.17) is 5.84 Å². The lowest BCUT2D eigenvalue weighted by Crippen LogP contribution is -2.31. The second-order valence-corrected chi connectivity index (χ2v) is 9.69. The molecule has 0 aliphatic rings. The molecule has 0 bridgehead atoms. The summed E-state index contributed by atoms with van der Waals surface area (Å²) in [6.45, 7) is 6.17. The first kappa shape index (κ1) is 22.8. The van der Waals surface area contributed by atoms with Crippen LogP contribution in [0.4, 0.5) is 0 Å². The van der Waals surface area contributed by atoms with Crippen molar-refractivity contribution in [3.05, 3.63) is 71.8 Å². The molecule has 4 aromatic rings. The molecule has 0 aliphatic heterocycles. The minimum Gasteiger partial charge on any atom is -0.505 e. The molecule has 0 aliphatic carbocycles. The molecular formula is C25H27N5O2S. The average molecular weight is 462 g/mol. The molecule has 1 amide bonds. The number of hydrogen-bond donors (Lipinski definition) is 3. The summed E-state index contributed by atoms with van der Waals surface area (Å²) in [6.07, 6.45) is 0.899. The van der Waals surface area contributed by atoms with E-state index in [1.54, 1.807) is 17.8 Å². The first-order valence-corrected chi connectivity index (χ1v) is 11.6. The molecule has 0 saturated carbocycles. The zero-order chi connectivity index (χ0) is 23.6. The molecule has 0 saturated heterocycles. The van der Waals surface area contributed by atoms with Gasteiger partial charge in [-0.15, -0.1) is 15.0 Å². The number of aromatic nitrogens is 3. The maximum atomic E-state index is 11.9. The van der Waals surface area contributed by atoms with Crippen LogP contribution in [0.15, 0.2) is 70.5 Å². The molecule has 4 N–H and O–H groups in total. The van der Waals surface area contributed by atoms with Crippen molar-refractivity contribution in [1.82, 2.24) is 20.4 Å². The lowest BCUT2D eigenvalue weighted by molar-refractivity contribution is -0.120. The van der Waals surface area contributed by atoms with Gasteiger partial charge in [-0.1, -0.05) is 56.8 Å². The highest BCUT2D eigenvalue weighted by atomic mass is 32.2. The predicted molar refractivity (Wildman–Crippen MR) is 130 cm³/mol. The standard InChI is InChI=1S/C25H27N5O2S/c1-4-25(2,3)19-12-16(14-23(31)27-26)13-22(24(19)32)30-28-20-11-10-18(15-21(20)29-30)33-17-8-6-5-7-9-17/h5-13,15,32H,4,14,26H2,1-3H3,(H,27,31). The molecule has 0 radical (unpaired) electrons. The summed E-state index contributed by atoms with van der Waals surface area (Å²) >= 11 is 1.65. The van der Waals surface area contributed by atoms with Crippen LogP contribution in [0, 0.1) is 0 Å². The highest BCUT2D eigenvalue weighted by Gasteiger charge is 2.26. The van der Waals surface area contributed by atoms with Gasteiger partial charge in [-0.05, 0) is 53.8 Å². The number of nitrogens with one attached hydrogen (secondary N) is 1. The first-order valence-electron chi connectivity index (χ1n) is 10.8. The summed E-state index contributed by atoms with van der Waals surface area (Å²) in [5.74, 6) is 5.09. The lowest BCUT2D eigenvalue weighted by atomic mass is 9.80. The molecule has 8 heteroatoms. The lowest BCUT2D eigenvalue weighted by Gasteiger charge is -2.26. The number of phenols is 1. The maximum Gasteiger partial charge on any atom is 0.238 e.